The molecular formula is C14H15ClN4O. The maximum Gasteiger partial charge on any atom is 0.243 e. The molecule has 0 aliphatic rings. The molecule has 0 bridgehead atoms. The number of rotatable bonds is 5. The minimum Gasteiger partial charge on any atom is -0.320 e. The van der Waals surface area contributed by atoms with E-state index in [9.17, 15) is 4.79 Å². The van der Waals surface area contributed by atoms with E-state index < -0.39 is 6.04 Å². The number of benzene rings is 1. The Morgan fingerprint density at radius 3 is 2.75 bits per heavy atom. The van der Waals surface area contributed by atoms with Crippen molar-refractivity contribution in [1.29, 1.82) is 0 Å². The largest absolute Gasteiger partial charge is 0.320 e. The van der Waals surface area contributed by atoms with E-state index in [2.05, 4.69) is 15.3 Å². The van der Waals surface area contributed by atoms with Gasteiger partial charge in [-0.2, -0.15) is 0 Å². The number of anilines is 1. The summed E-state index contributed by atoms with van der Waals surface area (Å²) < 4.78 is 0. The van der Waals surface area contributed by atoms with Crippen molar-refractivity contribution in [3.8, 4) is 0 Å². The van der Waals surface area contributed by atoms with E-state index in [1.807, 2.05) is 30.3 Å². The van der Waals surface area contributed by atoms with Gasteiger partial charge in [0.25, 0.3) is 0 Å². The zero-order valence-electron chi connectivity index (χ0n) is 10.8. The molecule has 0 radical (unpaired) electrons. The van der Waals surface area contributed by atoms with Crippen LogP contribution in [0.1, 0.15) is 12.0 Å². The van der Waals surface area contributed by atoms with Crippen LogP contribution in [-0.2, 0) is 11.2 Å². The maximum atomic E-state index is 11.9. The number of hydrogen-bond acceptors (Lipinski definition) is 4. The first-order chi connectivity index (χ1) is 9.65. The van der Waals surface area contributed by atoms with Crippen LogP contribution in [0.15, 0.2) is 42.6 Å². The topological polar surface area (TPSA) is 80.9 Å². The summed E-state index contributed by atoms with van der Waals surface area (Å²) in [6.07, 6.45) is 2.77. The maximum absolute atomic E-state index is 11.9. The van der Waals surface area contributed by atoms with Gasteiger partial charge in [-0.1, -0.05) is 41.9 Å². The predicted molar refractivity (Wildman–Crippen MR) is 78.4 cm³/mol. The molecule has 0 fully saturated rings. The quantitative estimate of drug-likeness (QED) is 0.826. The number of carbonyl (C=O) groups excluding carboxylic acids is 1. The van der Waals surface area contributed by atoms with Gasteiger partial charge < -0.3 is 5.73 Å². The van der Waals surface area contributed by atoms with Crippen LogP contribution in [0.25, 0.3) is 0 Å². The van der Waals surface area contributed by atoms with E-state index >= 15 is 0 Å². The second-order valence-electron chi connectivity index (χ2n) is 4.32. The van der Waals surface area contributed by atoms with E-state index in [0.717, 1.165) is 12.0 Å². The Hall–Kier alpha value is -1.98. The van der Waals surface area contributed by atoms with Crippen LogP contribution in [0.2, 0.25) is 5.15 Å². The van der Waals surface area contributed by atoms with Crippen LogP contribution in [0, 0.1) is 0 Å². The lowest BCUT2D eigenvalue weighted by molar-refractivity contribution is -0.117. The fourth-order valence-corrected chi connectivity index (χ4v) is 1.83. The SMILES string of the molecule is NC(CCc1ccccc1)C(=O)Nc1nccc(Cl)n1. The van der Waals surface area contributed by atoms with E-state index in [1.165, 1.54) is 12.3 Å². The Morgan fingerprint density at radius 2 is 2.05 bits per heavy atom. The lowest BCUT2D eigenvalue weighted by atomic mass is 10.1. The van der Waals surface area contributed by atoms with Crippen LogP contribution >= 0.6 is 11.6 Å². The Bertz CT molecular complexity index is 576. The summed E-state index contributed by atoms with van der Waals surface area (Å²) in [5, 5.41) is 2.82. The minimum absolute atomic E-state index is 0.165. The molecule has 0 aliphatic carbocycles. The third-order valence-corrected chi connectivity index (χ3v) is 2.99. The first kappa shape index (κ1) is 14.4. The first-order valence-electron chi connectivity index (χ1n) is 6.24. The van der Waals surface area contributed by atoms with Crippen molar-refractivity contribution >= 4 is 23.5 Å². The average Bonchev–Trinajstić information content (AvgIpc) is 2.46. The zero-order chi connectivity index (χ0) is 14.4. The molecule has 20 heavy (non-hydrogen) atoms. The van der Waals surface area contributed by atoms with Gasteiger partial charge >= 0.3 is 0 Å². The van der Waals surface area contributed by atoms with E-state index in [4.69, 9.17) is 17.3 Å². The molecule has 2 aromatic rings. The number of amides is 1. The number of halogens is 1. The van der Waals surface area contributed by atoms with E-state index in [-0.39, 0.29) is 17.0 Å². The van der Waals surface area contributed by atoms with Crippen molar-refractivity contribution in [3.63, 3.8) is 0 Å². The van der Waals surface area contributed by atoms with Gasteiger partial charge in [-0.05, 0) is 24.5 Å². The van der Waals surface area contributed by atoms with Crippen LogP contribution in [0.5, 0.6) is 0 Å². The Labute approximate surface area is 122 Å². The van der Waals surface area contributed by atoms with Gasteiger partial charge in [0.15, 0.2) is 0 Å². The second kappa shape index (κ2) is 6.98. The summed E-state index contributed by atoms with van der Waals surface area (Å²) in [6, 6.07) is 10.8. The third kappa shape index (κ3) is 4.29. The molecule has 6 heteroatoms. The lowest BCUT2D eigenvalue weighted by Crippen LogP contribution is -2.36. The van der Waals surface area contributed by atoms with Gasteiger partial charge in [0, 0.05) is 6.20 Å². The summed E-state index contributed by atoms with van der Waals surface area (Å²) in [5.74, 6) is -0.152. The number of aryl methyl sites for hydroxylation is 1. The summed E-state index contributed by atoms with van der Waals surface area (Å²) in [5.41, 5.74) is 7.00. The zero-order valence-corrected chi connectivity index (χ0v) is 11.5. The number of hydrogen-bond donors (Lipinski definition) is 2. The number of nitrogens with one attached hydrogen (secondary N) is 1. The van der Waals surface area contributed by atoms with Crippen molar-refractivity contribution in [2.24, 2.45) is 5.73 Å². The van der Waals surface area contributed by atoms with Gasteiger partial charge in [-0.25, -0.2) is 9.97 Å². The normalized spacial score (nSPS) is 11.9. The molecule has 0 saturated carbocycles. The van der Waals surface area contributed by atoms with Crippen molar-refractivity contribution in [3.05, 3.63) is 53.3 Å². The smallest absolute Gasteiger partial charge is 0.243 e. The highest BCUT2D eigenvalue weighted by atomic mass is 35.5. The molecule has 0 saturated heterocycles. The predicted octanol–water partition coefficient (Wildman–Crippen LogP) is 2.03. The Morgan fingerprint density at radius 1 is 1.30 bits per heavy atom. The van der Waals surface area contributed by atoms with E-state index in [1.54, 1.807) is 0 Å². The Balaban J connectivity index is 1.86. The molecule has 5 nitrogen and oxygen atoms in total. The molecule has 1 aromatic heterocycles. The standard InChI is InChI=1S/C14H15ClN4O/c15-12-8-9-17-14(18-12)19-13(20)11(16)7-6-10-4-2-1-3-5-10/h1-5,8-9,11H,6-7,16H2,(H,17,18,19,20). The minimum atomic E-state index is -0.613. The first-order valence-corrected chi connectivity index (χ1v) is 6.62. The highest BCUT2D eigenvalue weighted by molar-refractivity contribution is 6.29. The van der Waals surface area contributed by atoms with Gasteiger partial charge in [0.05, 0.1) is 6.04 Å². The molecular weight excluding hydrogens is 276 g/mol. The van der Waals surface area contributed by atoms with E-state index in [0.29, 0.717) is 6.42 Å². The van der Waals surface area contributed by atoms with Crippen LogP contribution in [0.4, 0.5) is 5.95 Å². The number of carbonyl (C=O) groups is 1. The molecule has 1 heterocycles. The summed E-state index contributed by atoms with van der Waals surface area (Å²) in [7, 11) is 0. The molecule has 1 unspecified atom stereocenters. The molecule has 2 rings (SSSR count). The molecule has 0 aliphatic heterocycles. The molecule has 3 N–H and O–H groups in total. The lowest BCUT2D eigenvalue weighted by Gasteiger charge is -2.11. The average molecular weight is 291 g/mol. The van der Waals surface area contributed by atoms with Crippen molar-refractivity contribution in [2.45, 2.75) is 18.9 Å². The fraction of sp³-hybridized carbons (Fsp3) is 0.214. The van der Waals surface area contributed by atoms with Gasteiger partial charge in [-0.3, -0.25) is 10.1 Å². The highest BCUT2D eigenvalue weighted by Crippen LogP contribution is 2.08. The van der Waals surface area contributed by atoms with Crippen LogP contribution < -0.4 is 11.1 Å². The number of nitrogens with two attached hydrogens (primary N) is 1. The monoisotopic (exact) mass is 290 g/mol. The molecule has 0 spiro atoms. The molecule has 104 valence electrons. The highest BCUT2D eigenvalue weighted by Gasteiger charge is 2.14. The fourth-order valence-electron chi connectivity index (χ4n) is 1.70. The summed E-state index contributed by atoms with van der Waals surface area (Å²) in [6.45, 7) is 0. The van der Waals surface area contributed by atoms with Crippen molar-refractivity contribution < 1.29 is 4.79 Å². The molecule has 1 atom stereocenters. The van der Waals surface area contributed by atoms with Crippen LogP contribution in [0.3, 0.4) is 0 Å². The molecule has 1 amide bonds. The van der Waals surface area contributed by atoms with Gasteiger partial charge in [0.2, 0.25) is 11.9 Å². The van der Waals surface area contributed by atoms with Crippen molar-refractivity contribution in [2.75, 3.05) is 5.32 Å². The number of aromatic nitrogens is 2. The van der Waals surface area contributed by atoms with Crippen molar-refractivity contribution in [1.82, 2.24) is 9.97 Å². The van der Waals surface area contributed by atoms with Crippen LogP contribution in [-0.4, -0.2) is 21.9 Å². The van der Waals surface area contributed by atoms with Gasteiger partial charge in [0.1, 0.15) is 5.15 Å². The summed E-state index contributed by atoms with van der Waals surface area (Å²) in [4.78, 5) is 19.7. The Kier molecular flexibility index (Phi) is 5.03. The van der Waals surface area contributed by atoms with Gasteiger partial charge in [-0.15, -0.1) is 0 Å². The molecule has 1 aromatic carbocycles. The summed E-state index contributed by atoms with van der Waals surface area (Å²) >= 11 is 5.72. The third-order valence-electron chi connectivity index (χ3n) is 2.78. The second-order valence-corrected chi connectivity index (χ2v) is 4.71. The number of nitrogens with zero attached hydrogens (tertiary/aromatic N) is 2.